The monoisotopic (exact) mass is 381 g/mol. The summed E-state index contributed by atoms with van der Waals surface area (Å²) >= 11 is 0. The van der Waals surface area contributed by atoms with Crippen LogP contribution in [-0.4, -0.2) is 22.9 Å². The molecule has 8 nitrogen and oxygen atoms in total. The summed E-state index contributed by atoms with van der Waals surface area (Å²) in [4.78, 5) is 12.1. The van der Waals surface area contributed by atoms with Gasteiger partial charge in [-0.3, -0.25) is 4.79 Å². The van der Waals surface area contributed by atoms with E-state index in [0.717, 1.165) is 17.1 Å². The van der Waals surface area contributed by atoms with Gasteiger partial charge in [0.2, 0.25) is 18.6 Å². The number of aromatic nitrogens is 2. The number of rotatable bonds is 8. The molecule has 4 rings (SSSR count). The Bertz CT molecular complexity index is 942. The molecule has 3 aromatic rings. The van der Waals surface area contributed by atoms with Crippen molar-refractivity contribution < 1.29 is 23.4 Å². The lowest BCUT2D eigenvalue weighted by Gasteiger charge is -2.05. The van der Waals surface area contributed by atoms with Gasteiger partial charge in [-0.15, -0.1) is 10.2 Å². The number of amides is 1. The van der Waals surface area contributed by atoms with Crippen LogP contribution in [-0.2, 0) is 24.4 Å². The number of nitrogens with zero attached hydrogens (tertiary/aromatic N) is 2. The maximum Gasteiger partial charge on any atom is 0.253 e. The van der Waals surface area contributed by atoms with E-state index in [4.69, 9.17) is 18.6 Å². The minimum Gasteiger partial charge on any atom is -0.484 e. The highest BCUT2D eigenvalue weighted by Crippen LogP contribution is 2.32. The highest BCUT2D eigenvalue weighted by atomic mass is 16.7. The summed E-state index contributed by atoms with van der Waals surface area (Å²) in [5.41, 5.74) is 0.940. The van der Waals surface area contributed by atoms with Crippen LogP contribution >= 0.6 is 0 Å². The van der Waals surface area contributed by atoms with Gasteiger partial charge in [-0.2, -0.15) is 0 Å². The fourth-order valence-corrected chi connectivity index (χ4v) is 2.67. The molecule has 1 aliphatic rings. The summed E-state index contributed by atoms with van der Waals surface area (Å²) in [6.45, 7) is 0.830. The lowest BCUT2D eigenvalue weighted by atomic mass is 10.2. The van der Waals surface area contributed by atoms with Gasteiger partial charge in [0.15, 0.2) is 18.1 Å². The molecule has 1 amide bonds. The van der Waals surface area contributed by atoms with Gasteiger partial charge in [0.1, 0.15) is 5.75 Å². The van der Waals surface area contributed by atoms with Crippen LogP contribution in [0.15, 0.2) is 52.9 Å². The quantitative estimate of drug-likeness (QED) is 0.641. The Morgan fingerprint density at radius 2 is 1.86 bits per heavy atom. The number of nitrogens with one attached hydrogen (secondary N) is 1. The van der Waals surface area contributed by atoms with Crippen molar-refractivity contribution in [1.82, 2.24) is 15.5 Å². The van der Waals surface area contributed by atoms with Crippen LogP contribution in [0.25, 0.3) is 0 Å². The van der Waals surface area contributed by atoms with E-state index in [1.54, 1.807) is 0 Å². The van der Waals surface area contributed by atoms with E-state index in [1.807, 2.05) is 48.5 Å². The average Bonchev–Trinajstić information content (AvgIpc) is 3.38. The Morgan fingerprint density at radius 1 is 1.04 bits per heavy atom. The molecule has 1 aromatic heterocycles. The third-order valence-corrected chi connectivity index (χ3v) is 4.11. The van der Waals surface area contributed by atoms with Crippen molar-refractivity contribution in [2.24, 2.45) is 0 Å². The lowest BCUT2D eigenvalue weighted by Crippen LogP contribution is -2.23. The second-order valence-electron chi connectivity index (χ2n) is 6.16. The first-order valence-corrected chi connectivity index (χ1v) is 8.90. The van der Waals surface area contributed by atoms with E-state index in [2.05, 4.69) is 15.5 Å². The molecule has 2 aromatic carbocycles. The Morgan fingerprint density at radius 3 is 2.75 bits per heavy atom. The van der Waals surface area contributed by atoms with Crippen molar-refractivity contribution in [3.05, 3.63) is 65.9 Å². The molecular formula is C20H19N3O5. The van der Waals surface area contributed by atoms with E-state index in [0.29, 0.717) is 30.5 Å². The Kier molecular flexibility index (Phi) is 5.37. The first kappa shape index (κ1) is 17.8. The zero-order valence-corrected chi connectivity index (χ0v) is 15.1. The minimum absolute atomic E-state index is 0.0991. The number of ether oxygens (including phenoxy) is 3. The molecular weight excluding hydrogens is 362 g/mol. The van der Waals surface area contributed by atoms with E-state index in [-0.39, 0.29) is 25.7 Å². The molecule has 8 heteroatoms. The summed E-state index contributed by atoms with van der Waals surface area (Å²) in [6.07, 6.45) is 0.622. The number of aryl methyl sites for hydroxylation is 1. The molecule has 0 spiro atoms. The van der Waals surface area contributed by atoms with Crippen LogP contribution in [0.1, 0.15) is 23.8 Å². The summed E-state index contributed by atoms with van der Waals surface area (Å²) in [7, 11) is 0. The van der Waals surface area contributed by atoms with Crippen LogP contribution in [0.2, 0.25) is 0 Å². The largest absolute Gasteiger partial charge is 0.484 e. The first-order chi connectivity index (χ1) is 13.8. The second-order valence-corrected chi connectivity index (χ2v) is 6.16. The van der Waals surface area contributed by atoms with E-state index < -0.39 is 0 Å². The van der Waals surface area contributed by atoms with Crippen molar-refractivity contribution in [3.8, 4) is 17.2 Å². The molecule has 1 N–H and O–H groups in total. The number of para-hydroxylation sites is 1. The molecule has 28 heavy (non-hydrogen) atoms. The molecule has 0 saturated carbocycles. The van der Waals surface area contributed by atoms with E-state index in [9.17, 15) is 4.79 Å². The SMILES string of the molecule is O=C(CCc1nnc(COc2ccccc2)o1)NCc1ccc2c(c1)OCO2. The average molecular weight is 381 g/mol. The Hall–Kier alpha value is -3.55. The van der Waals surface area contributed by atoms with E-state index in [1.165, 1.54) is 0 Å². The van der Waals surface area contributed by atoms with Crippen LogP contribution < -0.4 is 19.5 Å². The maximum atomic E-state index is 12.1. The van der Waals surface area contributed by atoms with Crippen molar-refractivity contribution in [2.75, 3.05) is 6.79 Å². The predicted molar refractivity (Wildman–Crippen MR) is 97.8 cm³/mol. The summed E-state index contributed by atoms with van der Waals surface area (Å²) in [6, 6.07) is 15.0. The lowest BCUT2D eigenvalue weighted by molar-refractivity contribution is -0.121. The van der Waals surface area contributed by atoms with Crippen LogP contribution in [0.4, 0.5) is 0 Å². The third kappa shape index (κ3) is 4.59. The minimum atomic E-state index is -0.0991. The van der Waals surface area contributed by atoms with Gasteiger partial charge in [-0.05, 0) is 29.8 Å². The van der Waals surface area contributed by atoms with Gasteiger partial charge in [0.05, 0.1) is 0 Å². The van der Waals surface area contributed by atoms with Crippen molar-refractivity contribution >= 4 is 5.91 Å². The number of carbonyl (C=O) groups excluding carboxylic acids is 1. The standard InChI is InChI=1S/C20H19N3O5/c24-18(21-11-14-6-7-16-17(10-14)27-13-26-16)8-9-19-22-23-20(28-19)12-25-15-4-2-1-3-5-15/h1-7,10H,8-9,11-13H2,(H,21,24). The van der Waals surface area contributed by atoms with Crippen LogP contribution in [0, 0.1) is 0 Å². The highest BCUT2D eigenvalue weighted by molar-refractivity contribution is 5.76. The number of hydrogen-bond donors (Lipinski definition) is 1. The Labute approximate surface area is 161 Å². The fourth-order valence-electron chi connectivity index (χ4n) is 2.67. The number of benzene rings is 2. The highest BCUT2D eigenvalue weighted by Gasteiger charge is 2.14. The molecule has 144 valence electrons. The molecule has 0 aliphatic carbocycles. The van der Waals surface area contributed by atoms with Crippen molar-refractivity contribution in [3.63, 3.8) is 0 Å². The third-order valence-electron chi connectivity index (χ3n) is 4.11. The van der Waals surface area contributed by atoms with Crippen molar-refractivity contribution in [1.29, 1.82) is 0 Å². The summed E-state index contributed by atoms with van der Waals surface area (Å²) in [5, 5.41) is 10.8. The number of hydrogen-bond acceptors (Lipinski definition) is 7. The normalized spacial score (nSPS) is 12.0. The van der Waals surface area contributed by atoms with Crippen LogP contribution in [0.3, 0.4) is 0 Å². The van der Waals surface area contributed by atoms with Gasteiger partial charge in [-0.1, -0.05) is 24.3 Å². The second kappa shape index (κ2) is 8.43. The maximum absolute atomic E-state index is 12.1. The van der Waals surface area contributed by atoms with Gasteiger partial charge < -0.3 is 23.9 Å². The topological polar surface area (TPSA) is 95.7 Å². The molecule has 1 aliphatic heterocycles. The molecule has 0 fully saturated rings. The molecule has 0 unspecified atom stereocenters. The molecule has 0 saturated heterocycles. The van der Waals surface area contributed by atoms with Crippen molar-refractivity contribution in [2.45, 2.75) is 26.0 Å². The zero-order chi connectivity index (χ0) is 19.2. The molecule has 0 atom stereocenters. The van der Waals surface area contributed by atoms with Gasteiger partial charge in [0, 0.05) is 19.4 Å². The zero-order valence-electron chi connectivity index (χ0n) is 15.1. The molecule has 2 heterocycles. The van der Waals surface area contributed by atoms with Gasteiger partial charge in [0.25, 0.3) is 5.89 Å². The summed E-state index contributed by atoms with van der Waals surface area (Å²) < 4.78 is 21.7. The fraction of sp³-hybridized carbons (Fsp3) is 0.250. The van der Waals surface area contributed by atoms with E-state index >= 15 is 0 Å². The molecule has 0 radical (unpaired) electrons. The number of fused-ring (bicyclic) bond motifs is 1. The summed E-state index contributed by atoms with van der Waals surface area (Å²) in [5.74, 6) is 2.83. The predicted octanol–water partition coefficient (Wildman–Crippen LogP) is 2.63. The van der Waals surface area contributed by atoms with Crippen LogP contribution in [0.5, 0.6) is 17.2 Å². The first-order valence-electron chi connectivity index (χ1n) is 8.90. The number of carbonyl (C=O) groups is 1. The van der Waals surface area contributed by atoms with Gasteiger partial charge in [-0.25, -0.2) is 0 Å². The molecule has 0 bridgehead atoms. The Balaban J connectivity index is 1.20. The van der Waals surface area contributed by atoms with Gasteiger partial charge >= 0.3 is 0 Å². The smallest absolute Gasteiger partial charge is 0.253 e.